The largest absolute Gasteiger partial charge is 0.307 e. The summed E-state index contributed by atoms with van der Waals surface area (Å²) in [4.78, 5) is 7.37. The molecule has 0 saturated carbocycles. The highest BCUT2D eigenvalue weighted by atomic mass is 15.2. The molecule has 18 heavy (non-hydrogen) atoms. The molecular formula is C15H21N3. The Bertz CT molecular complexity index is 556. The summed E-state index contributed by atoms with van der Waals surface area (Å²) in [7, 11) is 0. The summed E-state index contributed by atoms with van der Waals surface area (Å²) in [5.41, 5.74) is 3.62. The molecule has 1 unspecified atom stereocenters. The number of imidazole rings is 1. The number of rotatable bonds is 2. The molecule has 0 spiro atoms. The van der Waals surface area contributed by atoms with Gasteiger partial charge in [0.25, 0.3) is 0 Å². The lowest BCUT2D eigenvalue weighted by molar-refractivity contribution is 0.272. The lowest BCUT2D eigenvalue weighted by Crippen LogP contribution is -2.27. The van der Waals surface area contributed by atoms with Gasteiger partial charge in [0.15, 0.2) is 0 Å². The van der Waals surface area contributed by atoms with Gasteiger partial charge in [0.2, 0.25) is 0 Å². The molecule has 1 aliphatic heterocycles. The van der Waals surface area contributed by atoms with Gasteiger partial charge in [-0.1, -0.05) is 6.07 Å². The van der Waals surface area contributed by atoms with E-state index in [0.717, 1.165) is 12.2 Å². The SMILES string of the molecule is Cc1cccn2cc(C3CCN(C(C)C)C3)nc12. The van der Waals surface area contributed by atoms with Crippen molar-refractivity contribution in [2.24, 2.45) is 0 Å². The third-order valence-corrected chi connectivity index (χ3v) is 4.06. The highest BCUT2D eigenvalue weighted by molar-refractivity contribution is 5.48. The fraction of sp³-hybridized carbons (Fsp3) is 0.533. The summed E-state index contributed by atoms with van der Waals surface area (Å²) in [6.45, 7) is 9.03. The molecule has 0 bridgehead atoms. The van der Waals surface area contributed by atoms with Gasteiger partial charge >= 0.3 is 0 Å². The monoisotopic (exact) mass is 243 g/mol. The fourth-order valence-corrected chi connectivity index (χ4v) is 2.87. The van der Waals surface area contributed by atoms with E-state index < -0.39 is 0 Å². The quantitative estimate of drug-likeness (QED) is 0.808. The van der Waals surface area contributed by atoms with Crippen LogP contribution in [0.3, 0.4) is 0 Å². The third kappa shape index (κ3) is 1.93. The van der Waals surface area contributed by atoms with Crippen molar-refractivity contribution in [2.75, 3.05) is 13.1 Å². The number of aromatic nitrogens is 2. The van der Waals surface area contributed by atoms with Gasteiger partial charge in [0, 0.05) is 30.9 Å². The number of pyridine rings is 1. The number of aryl methyl sites for hydroxylation is 1. The fourth-order valence-electron chi connectivity index (χ4n) is 2.87. The van der Waals surface area contributed by atoms with Crippen LogP contribution >= 0.6 is 0 Å². The molecule has 2 aromatic rings. The van der Waals surface area contributed by atoms with Crippen LogP contribution in [-0.4, -0.2) is 33.4 Å². The van der Waals surface area contributed by atoms with Gasteiger partial charge in [-0.15, -0.1) is 0 Å². The van der Waals surface area contributed by atoms with E-state index in [1.165, 1.54) is 24.2 Å². The van der Waals surface area contributed by atoms with E-state index in [4.69, 9.17) is 4.98 Å². The van der Waals surface area contributed by atoms with Crippen LogP contribution in [0.4, 0.5) is 0 Å². The predicted octanol–water partition coefficient (Wildman–Crippen LogP) is 2.84. The Kier molecular flexibility index (Phi) is 2.86. The summed E-state index contributed by atoms with van der Waals surface area (Å²) in [5.74, 6) is 0.603. The van der Waals surface area contributed by atoms with Crippen LogP contribution in [0.15, 0.2) is 24.5 Å². The molecule has 1 aliphatic rings. The van der Waals surface area contributed by atoms with Crippen molar-refractivity contribution >= 4 is 5.65 Å². The summed E-state index contributed by atoms with van der Waals surface area (Å²) < 4.78 is 2.16. The number of fused-ring (bicyclic) bond motifs is 1. The zero-order valence-electron chi connectivity index (χ0n) is 11.4. The van der Waals surface area contributed by atoms with Gasteiger partial charge in [-0.05, 0) is 45.4 Å². The van der Waals surface area contributed by atoms with Gasteiger partial charge in [-0.3, -0.25) is 0 Å². The van der Waals surface area contributed by atoms with E-state index >= 15 is 0 Å². The predicted molar refractivity (Wildman–Crippen MR) is 74.0 cm³/mol. The average Bonchev–Trinajstić information content (AvgIpc) is 2.95. The lowest BCUT2D eigenvalue weighted by Gasteiger charge is -2.19. The first kappa shape index (κ1) is 11.7. The number of hydrogen-bond donors (Lipinski definition) is 0. The topological polar surface area (TPSA) is 20.5 Å². The highest BCUT2D eigenvalue weighted by Gasteiger charge is 2.27. The van der Waals surface area contributed by atoms with Gasteiger partial charge in [0.1, 0.15) is 5.65 Å². The number of hydrogen-bond acceptors (Lipinski definition) is 2. The summed E-state index contributed by atoms with van der Waals surface area (Å²) >= 11 is 0. The molecule has 3 heterocycles. The van der Waals surface area contributed by atoms with Gasteiger partial charge in [0.05, 0.1) is 5.69 Å². The molecule has 1 fully saturated rings. The minimum absolute atomic E-state index is 0.603. The molecule has 1 atom stereocenters. The van der Waals surface area contributed by atoms with E-state index in [9.17, 15) is 0 Å². The first-order valence-corrected chi connectivity index (χ1v) is 6.83. The molecule has 1 saturated heterocycles. The molecule has 0 amide bonds. The van der Waals surface area contributed by atoms with Gasteiger partial charge in [-0.25, -0.2) is 4.98 Å². The minimum atomic E-state index is 0.603. The van der Waals surface area contributed by atoms with E-state index in [1.54, 1.807) is 0 Å². The Morgan fingerprint density at radius 1 is 1.39 bits per heavy atom. The minimum Gasteiger partial charge on any atom is -0.307 e. The van der Waals surface area contributed by atoms with Crippen molar-refractivity contribution in [2.45, 2.75) is 39.2 Å². The molecule has 0 aromatic carbocycles. The van der Waals surface area contributed by atoms with Crippen molar-refractivity contribution < 1.29 is 0 Å². The van der Waals surface area contributed by atoms with Crippen molar-refractivity contribution in [1.29, 1.82) is 0 Å². The smallest absolute Gasteiger partial charge is 0.139 e. The lowest BCUT2D eigenvalue weighted by atomic mass is 10.1. The summed E-state index contributed by atoms with van der Waals surface area (Å²) in [5, 5.41) is 0. The Labute approximate surface area is 108 Å². The zero-order valence-corrected chi connectivity index (χ0v) is 11.4. The average molecular weight is 243 g/mol. The number of likely N-dealkylation sites (tertiary alicyclic amines) is 1. The first-order valence-electron chi connectivity index (χ1n) is 6.83. The number of nitrogens with zero attached hydrogens (tertiary/aromatic N) is 3. The van der Waals surface area contributed by atoms with Crippen LogP contribution < -0.4 is 0 Å². The highest BCUT2D eigenvalue weighted by Crippen LogP contribution is 2.28. The van der Waals surface area contributed by atoms with Crippen LogP contribution in [-0.2, 0) is 0 Å². The summed E-state index contributed by atoms with van der Waals surface area (Å²) in [6.07, 6.45) is 5.53. The molecule has 0 aliphatic carbocycles. The second-order valence-corrected chi connectivity index (χ2v) is 5.66. The molecule has 96 valence electrons. The van der Waals surface area contributed by atoms with E-state index in [2.05, 4.69) is 54.6 Å². The zero-order chi connectivity index (χ0) is 12.7. The maximum Gasteiger partial charge on any atom is 0.139 e. The maximum absolute atomic E-state index is 4.82. The molecular weight excluding hydrogens is 222 g/mol. The molecule has 0 radical (unpaired) electrons. The Hall–Kier alpha value is -1.35. The maximum atomic E-state index is 4.82. The Morgan fingerprint density at radius 3 is 2.89 bits per heavy atom. The van der Waals surface area contributed by atoms with Gasteiger partial charge in [-0.2, -0.15) is 0 Å². The van der Waals surface area contributed by atoms with Gasteiger partial charge < -0.3 is 9.30 Å². The molecule has 3 heteroatoms. The standard InChI is InChI=1S/C15H21N3/c1-11(2)17-8-6-13(9-17)14-10-18-7-4-5-12(3)15(18)16-14/h4-5,7,10-11,13H,6,8-9H2,1-3H3. The second kappa shape index (κ2) is 4.39. The van der Waals surface area contributed by atoms with E-state index in [1.807, 2.05) is 0 Å². The Balaban J connectivity index is 1.89. The van der Waals surface area contributed by atoms with Crippen LogP contribution in [0.2, 0.25) is 0 Å². The molecule has 3 rings (SSSR count). The first-order chi connectivity index (χ1) is 8.65. The van der Waals surface area contributed by atoms with E-state index in [0.29, 0.717) is 12.0 Å². The second-order valence-electron chi connectivity index (χ2n) is 5.66. The Morgan fingerprint density at radius 2 is 2.22 bits per heavy atom. The molecule has 3 nitrogen and oxygen atoms in total. The molecule has 0 N–H and O–H groups in total. The normalized spacial score (nSPS) is 21.2. The van der Waals surface area contributed by atoms with Crippen LogP contribution in [0.25, 0.3) is 5.65 Å². The van der Waals surface area contributed by atoms with Crippen LogP contribution in [0.5, 0.6) is 0 Å². The van der Waals surface area contributed by atoms with Crippen molar-refractivity contribution in [1.82, 2.24) is 14.3 Å². The van der Waals surface area contributed by atoms with Crippen molar-refractivity contribution in [3.63, 3.8) is 0 Å². The van der Waals surface area contributed by atoms with Crippen LogP contribution in [0, 0.1) is 6.92 Å². The van der Waals surface area contributed by atoms with Crippen molar-refractivity contribution in [3.8, 4) is 0 Å². The van der Waals surface area contributed by atoms with Crippen LogP contribution in [0.1, 0.15) is 37.4 Å². The van der Waals surface area contributed by atoms with E-state index in [-0.39, 0.29) is 0 Å². The molecule has 2 aromatic heterocycles. The summed E-state index contributed by atoms with van der Waals surface area (Å²) in [6, 6.07) is 4.86. The third-order valence-electron chi connectivity index (χ3n) is 4.06. The van der Waals surface area contributed by atoms with Crippen molar-refractivity contribution in [3.05, 3.63) is 35.8 Å².